The molecule has 0 spiro atoms. The molecule has 1 saturated carbocycles. The lowest BCUT2D eigenvalue weighted by molar-refractivity contribution is -0.140. The predicted octanol–water partition coefficient (Wildman–Crippen LogP) is 7.56. The fourth-order valence-electron chi connectivity index (χ4n) is 5.95. The monoisotopic (exact) mass is 711 g/mol. The van der Waals surface area contributed by atoms with Gasteiger partial charge in [-0.3, -0.25) is 13.9 Å². The Morgan fingerprint density at radius 3 is 2.06 bits per heavy atom. The van der Waals surface area contributed by atoms with E-state index in [2.05, 4.69) is 5.32 Å². The molecule has 7 nitrogen and oxygen atoms in total. The van der Waals surface area contributed by atoms with Crippen molar-refractivity contribution in [2.75, 3.05) is 10.8 Å². The highest BCUT2D eigenvalue weighted by Crippen LogP contribution is 2.38. The van der Waals surface area contributed by atoms with Crippen molar-refractivity contribution in [1.82, 2.24) is 10.2 Å². The highest BCUT2D eigenvalue weighted by molar-refractivity contribution is 7.92. The number of carbonyl (C=O) groups excluding carboxylic acids is 2. The molecule has 0 heterocycles. The first kappa shape index (κ1) is 35.9. The lowest BCUT2D eigenvalue weighted by Gasteiger charge is -2.34. The fraction of sp³-hybridized carbons (Fsp3) is 0.297. The maximum absolute atomic E-state index is 14.6. The van der Waals surface area contributed by atoms with Gasteiger partial charge in [-0.1, -0.05) is 103 Å². The van der Waals surface area contributed by atoms with Gasteiger partial charge in [-0.2, -0.15) is 13.2 Å². The van der Waals surface area contributed by atoms with E-state index in [0.717, 1.165) is 48.9 Å². The van der Waals surface area contributed by atoms with E-state index in [1.165, 1.54) is 17.0 Å². The Bertz CT molecular complexity index is 1850. The van der Waals surface area contributed by atoms with Gasteiger partial charge in [0.1, 0.15) is 12.6 Å². The van der Waals surface area contributed by atoms with Crippen LogP contribution in [0.25, 0.3) is 0 Å². The van der Waals surface area contributed by atoms with Gasteiger partial charge in [-0.25, -0.2) is 8.42 Å². The van der Waals surface area contributed by atoms with E-state index in [-0.39, 0.29) is 29.8 Å². The molecule has 1 aliphatic carbocycles. The number of alkyl halides is 3. The van der Waals surface area contributed by atoms with Crippen molar-refractivity contribution in [3.8, 4) is 0 Å². The topological polar surface area (TPSA) is 86.8 Å². The smallest absolute Gasteiger partial charge is 0.352 e. The molecule has 0 unspecified atom stereocenters. The number of nitrogens with one attached hydrogen (secondary N) is 1. The Labute approximate surface area is 289 Å². The van der Waals surface area contributed by atoms with Gasteiger partial charge in [0, 0.05) is 19.0 Å². The lowest BCUT2D eigenvalue weighted by Crippen LogP contribution is -2.54. The zero-order valence-corrected chi connectivity index (χ0v) is 28.4. The summed E-state index contributed by atoms with van der Waals surface area (Å²) >= 11 is 5.90. The minimum Gasteiger partial charge on any atom is -0.352 e. The molecule has 0 radical (unpaired) electrons. The van der Waals surface area contributed by atoms with Gasteiger partial charge in [0.2, 0.25) is 11.8 Å². The number of aryl methyl sites for hydroxylation is 1. The molecule has 1 aliphatic rings. The average molecular weight is 712 g/mol. The number of amides is 2. The van der Waals surface area contributed by atoms with Gasteiger partial charge < -0.3 is 10.2 Å². The van der Waals surface area contributed by atoms with Crippen LogP contribution in [0.3, 0.4) is 0 Å². The lowest BCUT2D eigenvalue weighted by atomic mass is 10.0. The summed E-state index contributed by atoms with van der Waals surface area (Å²) in [5, 5.41) is 2.47. The molecular formula is C37H37ClF3N3O4S. The van der Waals surface area contributed by atoms with E-state index in [1.807, 2.05) is 30.3 Å². The van der Waals surface area contributed by atoms with Crippen LogP contribution in [0.1, 0.15) is 47.9 Å². The van der Waals surface area contributed by atoms with Gasteiger partial charge in [0.25, 0.3) is 10.0 Å². The molecule has 0 bridgehead atoms. The van der Waals surface area contributed by atoms with E-state index >= 15 is 0 Å². The minimum atomic E-state index is -4.89. The Morgan fingerprint density at radius 2 is 1.47 bits per heavy atom. The molecule has 49 heavy (non-hydrogen) atoms. The second kappa shape index (κ2) is 15.5. The maximum atomic E-state index is 14.6. The van der Waals surface area contributed by atoms with Gasteiger partial charge in [0.05, 0.1) is 21.2 Å². The Balaban J connectivity index is 1.60. The van der Waals surface area contributed by atoms with E-state index in [4.69, 9.17) is 11.6 Å². The summed E-state index contributed by atoms with van der Waals surface area (Å²) < 4.78 is 71.0. The summed E-state index contributed by atoms with van der Waals surface area (Å²) in [5.74, 6) is -1.16. The summed E-state index contributed by atoms with van der Waals surface area (Å²) in [4.78, 5) is 29.7. The number of sulfonamides is 1. The molecule has 4 aromatic rings. The SMILES string of the molecule is Cc1ccc(S(=O)(=O)N(CC(=O)N(Cc2ccccc2)[C@H](Cc2ccccc2)C(=O)NC2CCCC2)c2ccc(Cl)c(C(F)(F)F)c2)cc1. The Kier molecular flexibility index (Phi) is 11.3. The second-order valence-electron chi connectivity index (χ2n) is 12.2. The van der Waals surface area contributed by atoms with Crippen molar-refractivity contribution in [2.45, 2.75) is 68.7 Å². The largest absolute Gasteiger partial charge is 0.417 e. The van der Waals surface area contributed by atoms with E-state index in [0.29, 0.717) is 15.9 Å². The number of benzene rings is 4. The summed E-state index contributed by atoms with van der Waals surface area (Å²) in [5.41, 5.74) is 0.569. The Morgan fingerprint density at radius 1 is 0.878 bits per heavy atom. The first-order valence-electron chi connectivity index (χ1n) is 16.0. The van der Waals surface area contributed by atoms with E-state index < -0.39 is 51.0 Å². The van der Waals surface area contributed by atoms with Gasteiger partial charge in [-0.15, -0.1) is 0 Å². The molecule has 0 aromatic heterocycles. The number of nitrogens with zero attached hydrogens (tertiary/aromatic N) is 2. The first-order chi connectivity index (χ1) is 23.3. The van der Waals surface area contributed by atoms with Crippen LogP contribution in [0.15, 0.2) is 108 Å². The average Bonchev–Trinajstić information content (AvgIpc) is 3.59. The van der Waals surface area contributed by atoms with Crippen LogP contribution in [-0.2, 0) is 38.8 Å². The summed E-state index contributed by atoms with van der Waals surface area (Å²) in [6, 6.07) is 25.4. The summed E-state index contributed by atoms with van der Waals surface area (Å²) in [6.45, 7) is 0.823. The van der Waals surface area contributed by atoms with Crippen molar-refractivity contribution in [1.29, 1.82) is 0 Å². The Hall–Kier alpha value is -4.35. The van der Waals surface area contributed by atoms with E-state index in [9.17, 15) is 31.2 Å². The van der Waals surface area contributed by atoms with Crippen LogP contribution >= 0.6 is 11.6 Å². The number of carbonyl (C=O) groups is 2. The molecule has 2 amide bonds. The first-order valence-corrected chi connectivity index (χ1v) is 17.8. The van der Waals surface area contributed by atoms with Crippen molar-refractivity contribution < 1.29 is 31.2 Å². The number of halogens is 4. The molecule has 4 aromatic carbocycles. The fourth-order valence-corrected chi connectivity index (χ4v) is 7.58. The molecule has 0 aliphatic heterocycles. The van der Waals surface area contributed by atoms with Crippen LogP contribution in [0.4, 0.5) is 18.9 Å². The van der Waals surface area contributed by atoms with Crippen LogP contribution in [0.2, 0.25) is 5.02 Å². The highest BCUT2D eigenvalue weighted by Gasteiger charge is 2.38. The van der Waals surface area contributed by atoms with Gasteiger partial charge >= 0.3 is 6.18 Å². The van der Waals surface area contributed by atoms with Crippen molar-refractivity contribution in [2.24, 2.45) is 0 Å². The van der Waals surface area contributed by atoms with Crippen LogP contribution in [-0.4, -0.2) is 43.8 Å². The molecule has 12 heteroatoms. The quantitative estimate of drug-likeness (QED) is 0.164. The standard InChI is InChI=1S/C37H37ClF3N3O4S/c1-26-16-19-31(20-17-26)49(47,48)44(30-18-21-33(38)32(23-30)37(39,40)41)25-35(45)43(24-28-12-6-3-7-13-28)34(22-27-10-4-2-5-11-27)36(46)42-29-14-8-9-15-29/h2-7,10-13,16-21,23,29,34H,8-9,14-15,22,24-25H2,1H3,(H,42,46)/t34-/m1/s1. The third kappa shape index (κ3) is 9.01. The number of anilines is 1. The second-order valence-corrected chi connectivity index (χ2v) is 14.5. The summed E-state index contributed by atoms with van der Waals surface area (Å²) in [7, 11) is -4.60. The van der Waals surface area contributed by atoms with Gasteiger partial charge in [-0.05, 0) is 61.2 Å². The normalized spacial score (nSPS) is 14.3. The predicted molar refractivity (Wildman–Crippen MR) is 183 cm³/mol. The molecule has 1 atom stereocenters. The molecular weight excluding hydrogens is 675 g/mol. The van der Waals surface area contributed by atoms with Crippen molar-refractivity contribution in [3.05, 3.63) is 130 Å². The van der Waals surface area contributed by atoms with Crippen LogP contribution in [0, 0.1) is 6.92 Å². The van der Waals surface area contributed by atoms with Crippen LogP contribution in [0.5, 0.6) is 0 Å². The number of hydrogen-bond acceptors (Lipinski definition) is 4. The molecule has 0 saturated heterocycles. The molecule has 258 valence electrons. The number of rotatable bonds is 12. The zero-order valence-electron chi connectivity index (χ0n) is 26.9. The highest BCUT2D eigenvalue weighted by atomic mass is 35.5. The van der Waals surface area contributed by atoms with Gasteiger partial charge in [0.15, 0.2) is 0 Å². The zero-order chi connectivity index (χ0) is 35.2. The maximum Gasteiger partial charge on any atom is 0.417 e. The summed E-state index contributed by atoms with van der Waals surface area (Å²) in [6.07, 6.45) is -1.23. The molecule has 1 N–H and O–H groups in total. The van der Waals surface area contributed by atoms with Crippen molar-refractivity contribution in [3.63, 3.8) is 0 Å². The van der Waals surface area contributed by atoms with Crippen molar-refractivity contribution >= 4 is 39.1 Å². The molecule has 1 fully saturated rings. The number of hydrogen-bond donors (Lipinski definition) is 1. The third-order valence-corrected chi connectivity index (χ3v) is 10.7. The van der Waals surface area contributed by atoms with E-state index in [1.54, 1.807) is 49.4 Å². The minimum absolute atomic E-state index is 0.0535. The molecule has 5 rings (SSSR count). The van der Waals surface area contributed by atoms with Crippen LogP contribution < -0.4 is 9.62 Å². The third-order valence-electron chi connectivity index (χ3n) is 8.60.